The maximum absolute atomic E-state index is 11.9. The molecule has 1 amide bonds. The van der Waals surface area contributed by atoms with E-state index in [0.29, 0.717) is 12.0 Å². The van der Waals surface area contributed by atoms with Crippen LogP contribution in [0, 0.1) is 5.92 Å². The van der Waals surface area contributed by atoms with Gasteiger partial charge >= 0.3 is 6.09 Å². The van der Waals surface area contributed by atoms with E-state index in [9.17, 15) is 4.79 Å². The van der Waals surface area contributed by atoms with E-state index in [2.05, 4.69) is 12.2 Å². The Morgan fingerprint density at radius 2 is 2.20 bits per heavy atom. The molecule has 1 fully saturated rings. The van der Waals surface area contributed by atoms with Crippen LogP contribution in [0.25, 0.3) is 0 Å². The van der Waals surface area contributed by atoms with Crippen molar-refractivity contribution in [3.8, 4) is 0 Å². The predicted octanol–water partition coefficient (Wildman–Crippen LogP) is 2.57. The molecule has 1 heterocycles. The Bertz CT molecular complexity index is 290. The minimum atomic E-state index is -0.388. The van der Waals surface area contributed by atoms with E-state index < -0.39 is 0 Å². The lowest BCUT2D eigenvalue weighted by atomic mass is 9.97. The first kappa shape index (κ1) is 10.5. The molecule has 3 heteroatoms. The predicted molar refractivity (Wildman–Crippen MR) is 58.6 cm³/mol. The fourth-order valence-corrected chi connectivity index (χ4v) is 2.29. The number of likely N-dealkylation sites (tertiary alicyclic amines) is 1. The second kappa shape index (κ2) is 3.54. The van der Waals surface area contributed by atoms with E-state index in [4.69, 9.17) is 4.74 Å². The lowest BCUT2D eigenvalue weighted by Crippen LogP contribution is -2.39. The van der Waals surface area contributed by atoms with Crippen LogP contribution in [0.1, 0.15) is 33.6 Å². The third-order valence-corrected chi connectivity index (χ3v) is 2.89. The van der Waals surface area contributed by atoms with Crippen LogP contribution in [0.15, 0.2) is 12.2 Å². The molecule has 2 bridgehead atoms. The van der Waals surface area contributed by atoms with Crippen LogP contribution in [0.3, 0.4) is 0 Å². The Kier molecular flexibility index (Phi) is 2.49. The third kappa shape index (κ3) is 2.33. The van der Waals surface area contributed by atoms with Gasteiger partial charge in [0.15, 0.2) is 0 Å². The minimum Gasteiger partial charge on any atom is -0.444 e. The van der Waals surface area contributed by atoms with Crippen LogP contribution < -0.4 is 0 Å². The number of hydrogen-bond donors (Lipinski definition) is 0. The highest BCUT2D eigenvalue weighted by molar-refractivity contribution is 5.69. The van der Waals surface area contributed by atoms with Gasteiger partial charge in [-0.1, -0.05) is 12.2 Å². The van der Waals surface area contributed by atoms with Crippen molar-refractivity contribution in [1.29, 1.82) is 0 Å². The quantitative estimate of drug-likeness (QED) is 0.574. The van der Waals surface area contributed by atoms with E-state index in [1.165, 1.54) is 0 Å². The molecule has 1 aliphatic heterocycles. The number of ether oxygens (including phenoxy) is 1. The molecule has 0 aromatic carbocycles. The summed E-state index contributed by atoms with van der Waals surface area (Å²) >= 11 is 0. The van der Waals surface area contributed by atoms with Crippen molar-refractivity contribution >= 4 is 6.09 Å². The molecule has 0 aromatic heterocycles. The highest BCUT2D eigenvalue weighted by Crippen LogP contribution is 2.31. The minimum absolute atomic E-state index is 0.154. The zero-order chi connectivity index (χ0) is 11.1. The van der Waals surface area contributed by atoms with Crippen LogP contribution in [0.4, 0.5) is 4.79 Å². The van der Waals surface area contributed by atoms with Gasteiger partial charge < -0.3 is 9.64 Å². The summed E-state index contributed by atoms with van der Waals surface area (Å²) in [6.45, 7) is 6.55. The molecule has 0 saturated carbocycles. The Hall–Kier alpha value is -0.990. The molecule has 0 aromatic rings. The van der Waals surface area contributed by atoms with E-state index in [1.807, 2.05) is 25.7 Å². The second-order valence-electron chi connectivity index (χ2n) is 5.45. The first-order valence-electron chi connectivity index (χ1n) is 5.62. The number of nitrogens with zero attached hydrogens (tertiary/aromatic N) is 1. The maximum atomic E-state index is 11.9. The summed E-state index contributed by atoms with van der Waals surface area (Å²) in [5.74, 6) is 0.552. The van der Waals surface area contributed by atoms with Gasteiger partial charge in [-0.15, -0.1) is 0 Å². The number of carbonyl (C=O) groups excluding carboxylic acids is 1. The van der Waals surface area contributed by atoms with Crippen molar-refractivity contribution in [2.24, 2.45) is 5.92 Å². The molecule has 2 unspecified atom stereocenters. The molecule has 0 spiro atoms. The van der Waals surface area contributed by atoms with Gasteiger partial charge in [0.2, 0.25) is 0 Å². The molecule has 2 rings (SSSR count). The summed E-state index contributed by atoms with van der Waals surface area (Å²) in [6.07, 6.45) is 6.34. The Labute approximate surface area is 91.1 Å². The van der Waals surface area contributed by atoms with Crippen LogP contribution >= 0.6 is 0 Å². The fraction of sp³-hybridized carbons (Fsp3) is 0.750. The Morgan fingerprint density at radius 1 is 1.47 bits per heavy atom. The molecule has 84 valence electrons. The van der Waals surface area contributed by atoms with Gasteiger partial charge in [0.1, 0.15) is 5.60 Å². The Morgan fingerprint density at radius 3 is 2.80 bits per heavy atom. The molecular formula is C12H19NO2. The summed E-state index contributed by atoms with van der Waals surface area (Å²) < 4.78 is 5.39. The topological polar surface area (TPSA) is 29.5 Å². The number of amides is 1. The summed E-state index contributed by atoms with van der Waals surface area (Å²) in [6, 6.07) is 0.370. The van der Waals surface area contributed by atoms with Crippen molar-refractivity contribution in [1.82, 2.24) is 4.90 Å². The van der Waals surface area contributed by atoms with E-state index >= 15 is 0 Å². The number of fused-ring (bicyclic) bond motifs is 2. The zero-order valence-corrected chi connectivity index (χ0v) is 9.69. The van der Waals surface area contributed by atoms with Gasteiger partial charge in [0, 0.05) is 12.6 Å². The van der Waals surface area contributed by atoms with Crippen molar-refractivity contribution in [2.45, 2.75) is 45.3 Å². The van der Waals surface area contributed by atoms with Crippen LogP contribution in [-0.4, -0.2) is 29.2 Å². The summed E-state index contributed by atoms with van der Waals surface area (Å²) in [4.78, 5) is 13.8. The monoisotopic (exact) mass is 209 g/mol. The standard InChI is InChI=1S/C12H19NO2/c1-12(2,3)15-11(14)13-8-9-5-4-6-10(13)7-9/h4-5,9-10H,6-8H2,1-3H3. The normalized spacial score (nSPS) is 29.4. The number of carbonyl (C=O) groups is 1. The van der Waals surface area contributed by atoms with Gasteiger partial charge in [0.25, 0.3) is 0 Å². The van der Waals surface area contributed by atoms with Crippen LogP contribution in [0.2, 0.25) is 0 Å². The van der Waals surface area contributed by atoms with E-state index in [1.54, 1.807) is 0 Å². The van der Waals surface area contributed by atoms with Crippen LogP contribution in [-0.2, 0) is 4.74 Å². The smallest absolute Gasteiger partial charge is 0.410 e. The summed E-state index contributed by atoms with van der Waals surface area (Å²) in [7, 11) is 0. The van der Waals surface area contributed by atoms with Crippen molar-refractivity contribution in [3.63, 3.8) is 0 Å². The van der Waals surface area contributed by atoms with Crippen molar-refractivity contribution in [3.05, 3.63) is 12.2 Å². The van der Waals surface area contributed by atoms with Gasteiger partial charge in [-0.05, 0) is 39.5 Å². The molecule has 1 aliphatic carbocycles. The highest BCUT2D eigenvalue weighted by atomic mass is 16.6. The lowest BCUT2D eigenvalue weighted by molar-refractivity contribution is 0.0228. The number of hydrogen-bond acceptors (Lipinski definition) is 2. The average Bonchev–Trinajstić information content (AvgIpc) is 2.38. The average molecular weight is 209 g/mol. The first-order valence-corrected chi connectivity index (χ1v) is 5.62. The fourth-order valence-electron chi connectivity index (χ4n) is 2.29. The lowest BCUT2D eigenvalue weighted by Gasteiger charge is -2.27. The van der Waals surface area contributed by atoms with E-state index in [-0.39, 0.29) is 11.7 Å². The SMILES string of the molecule is CC(C)(C)OC(=O)N1CC2C=CCC1C2. The van der Waals surface area contributed by atoms with Gasteiger partial charge in [-0.3, -0.25) is 0 Å². The van der Waals surface area contributed by atoms with Gasteiger partial charge in [-0.2, -0.15) is 0 Å². The molecule has 2 aliphatic rings. The van der Waals surface area contributed by atoms with Gasteiger partial charge in [0.05, 0.1) is 0 Å². The summed E-state index contributed by atoms with van der Waals surface area (Å²) in [5, 5.41) is 0. The van der Waals surface area contributed by atoms with Gasteiger partial charge in [-0.25, -0.2) is 4.79 Å². The maximum Gasteiger partial charge on any atom is 0.410 e. The van der Waals surface area contributed by atoms with Crippen molar-refractivity contribution in [2.75, 3.05) is 6.54 Å². The van der Waals surface area contributed by atoms with Crippen molar-refractivity contribution < 1.29 is 9.53 Å². The first-order chi connectivity index (χ1) is 6.96. The van der Waals surface area contributed by atoms with Crippen LogP contribution in [0.5, 0.6) is 0 Å². The zero-order valence-electron chi connectivity index (χ0n) is 9.69. The molecule has 2 atom stereocenters. The molecule has 0 N–H and O–H groups in total. The summed E-state index contributed by atoms with van der Waals surface area (Å²) in [5.41, 5.74) is -0.388. The molecular weight excluding hydrogens is 190 g/mol. The Balaban J connectivity index is 1.98. The third-order valence-electron chi connectivity index (χ3n) is 2.89. The molecule has 15 heavy (non-hydrogen) atoms. The largest absolute Gasteiger partial charge is 0.444 e. The van der Waals surface area contributed by atoms with E-state index in [0.717, 1.165) is 19.4 Å². The molecule has 3 nitrogen and oxygen atoms in total. The molecule has 0 radical (unpaired) electrons. The second-order valence-corrected chi connectivity index (χ2v) is 5.45. The number of rotatable bonds is 0. The molecule has 1 saturated heterocycles. The highest BCUT2D eigenvalue weighted by Gasteiger charge is 2.37.